The van der Waals surface area contributed by atoms with Gasteiger partial charge in [0, 0.05) is 11.9 Å². The standard InChI is InChI=1S/C29H37NO/c1-3-5-7-8-9-25-13-19-28(30-23-25)18-12-24-10-14-26(15-11-24)27-16-20-29(21-17-27)31-22-6-4-2/h10-11,13-17,19-21,23H,3-9,12,18,22H2,1-2H3. The lowest BCUT2D eigenvalue weighted by Crippen LogP contribution is -1.96. The van der Waals surface area contributed by atoms with Crippen molar-refractivity contribution in [2.24, 2.45) is 0 Å². The van der Waals surface area contributed by atoms with Crippen molar-refractivity contribution in [1.82, 2.24) is 4.98 Å². The summed E-state index contributed by atoms with van der Waals surface area (Å²) >= 11 is 0. The maximum atomic E-state index is 5.76. The first-order valence-corrected chi connectivity index (χ1v) is 12.0. The SMILES string of the molecule is CCCCCCc1ccc(CCc2ccc(-c3ccc(OCCCC)cc3)cc2)nc1. The smallest absolute Gasteiger partial charge is 0.119 e. The summed E-state index contributed by atoms with van der Waals surface area (Å²) in [6, 6.07) is 21.8. The molecule has 0 saturated heterocycles. The Morgan fingerprint density at radius 3 is 1.94 bits per heavy atom. The third-order valence-corrected chi connectivity index (χ3v) is 5.78. The molecule has 0 bridgehead atoms. The lowest BCUT2D eigenvalue weighted by Gasteiger charge is -2.08. The Morgan fingerprint density at radius 2 is 1.29 bits per heavy atom. The molecule has 2 aromatic carbocycles. The molecule has 0 aliphatic rings. The molecule has 1 heterocycles. The predicted octanol–water partition coefficient (Wildman–Crippen LogP) is 7.84. The van der Waals surface area contributed by atoms with E-state index in [9.17, 15) is 0 Å². The van der Waals surface area contributed by atoms with E-state index in [1.165, 1.54) is 53.6 Å². The molecule has 0 N–H and O–H groups in total. The summed E-state index contributed by atoms with van der Waals surface area (Å²) in [6.07, 6.45) is 12.7. The fourth-order valence-corrected chi connectivity index (χ4v) is 3.72. The summed E-state index contributed by atoms with van der Waals surface area (Å²) in [6.45, 7) is 5.23. The van der Waals surface area contributed by atoms with Crippen LogP contribution in [0.5, 0.6) is 5.75 Å². The monoisotopic (exact) mass is 415 g/mol. The van der Waals surface area contributed by atoms with Gasteiger partial charge in [-0.1, -0.05) is 82.0 Å². The van der Waals surface area contributed by atoms with Gasteiger partial charge >= 0.3 is 0 Å². The van der Waals surface area contributed by atoms with Crippen molar-refractivity contribution in [2.75, 3.05) is 6.61 Å². The number of benzene rings is 2. The zero-order valence-electron chi connectivity index (χ0n) is 19.3. The van der Waals surface area contributed by atoms with Crippen molar-refractivity contribution < 1.29 is 4.74 Å². The Hall–Kier alpha value is -2.61. The van der Waals surface area contributed by atoms with Crippen molar-refractivity contribution in [3.63, 3.8) is 0 Å². The lowest BCUT2D eigenvalue weighted by atomic mass is 10.0. The van der Waals surface area contributed by atoms with E-state index in [0.717, 1.165) is 44.5 Å². The third kappa shape index (κ3) is 7.86. The summed E-state index contributed by atoms with van der Waals surface area (Å²) in [5.74, 6) is 0.952. The normalized spacial score (nSPS) is 10.9. The highest BCUT2D eigenvalue weighted by Gasteiger charge is 2.02. The van der Waals surface area contributed by atoms with Gasteiger partial charge < -0.3 is 4.74 Å². The van der Waals surface area contributed by atoms with Crippen molar-refractivity contribution in [3.05, 3.63) is 83.7 Å². The molecule has 2 nitrogen and oxygen atoms in total. The molecule has 0 spiro atoms. The molecule has 0 saturated carbocycles. The van der Waals surface area contributed by atoms with Crippen molar-refractivity contribution >= 4 is 0 Å². The van der Waals surface area contributed by atoms with Crippen LogP contribution in [0.4, 0.5) is 0 Å². The second kappa shape index (κ2) is 12.9. The first kappa shape index (κ1) is 23.1. The number of aryl methyl sites for hydroxylation is 3. The minimum absolute atomic E-state index is 0.793. The topological polar surface area (TPSA) is 22.1 Å². The van der Waals surface area contributed by atoms with Gasteiger partial charge in [-0.25, -0.2) is 0 Å². The van der Waals surface area contributed by atoms with Crippen molar-refractivity contribution in [3.8, 4) is 16.9 Å². The Kier molecular flexibility index (Phi) is 9.63. The molecular formula is C29H37NO. The molecule has 3 aromatic rings. The van der Waals surface area contributed by atoms with Crippen LogP contribution in [0.25, 0.3) is 11.1 Å². The van der Waals surface area contributed by atoms with Gasteiger partial charge in [-0.3, -0.25) is 4.98 Å². The van der Waals surface area contributed by atoms with E-state index >= 15 is 0 Å². The van der Waals surface area contributed by atoms with Gasteiger partial charge in [0.1, 0.15) is 5.75 Å². The van der Waals surface area contributed by atoms with Gasteiger partial charge in [-0.2, -0.15) is 0 Å². The van der Waals surface area contributed by atoms with Crippen molar-refractivity contribution in [1.29, 1.82) is 0 Å². The molecule has 0 aliphatic heterocycles. The summed E-state index contributed by atoms with van der Waals surface area (Å²) in [4.78, 5) is 4.68. The molecule has 1 aromatic heterocycles. The van der Waals surface area contributed by atoms with Crippen LogP contribution in [-0.4, -0.2) is 11.6 Å². The number of aromatic nitrogens is 1. The van der Waals surface area contributed by atoms with Crippen LogP contribution < -0.4 is 4.74 Å². The minimum Gasteiger partial charge on any atom is -0.494 e. The van der Waals surface area contributed by atoms with Crippen LogP contribution in [0.15, 0.2) is 66.9 Å². The molecule has 0 radical (unpaired) electrons. The van der Waals surface area contributed by atoms with E-state index in [1.54, 1.807) is 0 Å². The molecule has 0 amide bonds. The van der Waals surface area contributed by atoms with Crippen LogP contribution >= 0.6 is 0 Å². The van der Waals surface area contributed by atoms with Crippen LogP contribution in [0.1, 0.15) is 69.2 Å². The van der Waals surface area contributed by atoms with Gasteiger partial charge in [0.05, 0.1) is 6.61 Å². The van der Waals surface area contributed by atoms with Crippen LogP contribution in [0.2, 0.25) is 0 Å². The van der Waals surface area contributed by atoms with Crippen LogP contribution in [0, 0.1) is 0 Å². The number of hydrogen-bond acceptors (Lipinski definition) is 2. The average molecular weight is 416 g/mol. The van der Waals surface area contributed by atoms with Gasteiger partial charge in [0.2, 0.25) is 0 Å². The molecule has 0 unspecified atom stereocenters. The lowest BCUT2D eigenvalue weighted by molar-refractivity contribution is 0.309. The summed E-state index contributed by atoms with van der Waals surface area (Å²) in [5, 5.41) is 0. The van der Waals surface area contributed by atoms with Crippen molar-refractivity contribution in [2.45, 2.75) is 71.6 Å². The number of unbranched alkanes of at least 4 members (excludes halogenated alkanes) is 4. The summed E-state index contributed by atoms with van der Waals surface area (Å²) in [5.41, 5.74) is 6.37. The number of pyridine rings is 1. The van der Waals surface area contributed by atoms with E-state index in [-0.39, 0.29) is 0 Å². The second-order valence-corrected chi connectivity index (χ2v) is 8.39. The first-order chi connectivity index (χ1) is 15.3. The predicted molar refractivity (Wildman–Crippen MR) is 132 cm³/mol. The highest BCUT2D eigenvalue weighted by molar-refractivity contribution is 5.64. The maximum Gasteiger partial charge on any atom is 0.119 e. The van der Waals surface area contributed by atoms with Crippen LogP contribution in [0.3, 0.4) is 0 Å². The fraction of sp³-hybridized carbons (Fsp3) is 0.414. The quantitative estimate of drug-likeness (QED) is 0.265. The van der Waals surface area contributed by atoms with E-state index in [2.05, 4.69) is 85.7 Å². The summed E-state index contributed by atoms with van der Waals surface area (Å²) < 4.78 is 5.76. The maximum absolute atomic E-state index is 5.76. The fourth-order valence-electron chi connectivity index (χ4n) is 3.72. The Morgan fingerprint density at radius 1 is 0.613 bits per heavy atom. The molecular weight excluding hydrogens is 378 g/mol. The Balaban J connectivity index is 1.47. The highest BCUT2D eigenvalue weighted by Crippen LogP contribution is 2.23. The summed E-state index contributed by atoms with van der Waals surface area (Å²) in [7, 11) is 0. The van der Waals surface area contributed by atoms with Crippen LogP contribution in [-0.2, 0) is 19.3 Å². The molecule has 0 atom stereocenters. The third-order valence-electron chi connectivity index (χ3n) is 5.78. The molecule has 164 valence electrons. The Labute approximate surface area is 188 Å². The molecule has 2 heteroatoms. The highest BCUT2D eigenvalue weighted by atomic mass is 16.5. The Bertz CT molecular complexity index is 866. The number of hydrogen-bond donors (Lipinski definition) is 0. The zero-order chi connectivity index (χ0) is 21.7. The number of nitrogens with zero attached hydrogens (tertiary/aromatic N) is 1. The van der Waals surface area contributed by atoms with E-state index in [1.807, 2.05) is 0 Å². The minimum atomic E-state index is 0.793. The van der Waals surface area contributed by atoms with Gasteiger partial charge in [0.25, 0.3) is 0 Å². The van der Waals surface area contributed by atoms with Gasteiger partial charge in [-0.15, -0.1) is 0 Å². The first-order valence-electron chi connectivity index (χ1n) is 12.0. The number of ether oxygens (including phenoxy) is 1. The largest absolute Gasteiger partial charge is 0.494 e. The van der Waals surface area contributed by atoms with E-state index in [4.69, 9.17) is 4.74 Å². The van der Waals surface area contributed by atoms with E-state index < -0.39 is 0 Å². The average Bonchev–Trinajstić information content (AvgIpc) is 2.82. The second-order valence-electron chi connectivity index (χ2n) is 8.39. The molecule has 3 rings (SSSR count). The molecule has 0 fully saturated rings. The van der Waals surface area contributed by atoms with Gasteiger partial charge in [-0.05, 0) is 72.6 Å². The molecule has 31 heavy (non-hydrogen) atoms. The molecule has 0 aliphatic carbocycles. The zero-order valence-corrected chi connectivity index (χ0v) is 19.3. The number of rotatable bonds is 13. The van der Waals surface area contributed by atoms with Gasteiger partial charge in [0.15, 0.2) is 0 Å². The van der Waals surface area contributed by atoms with E-state index in [0.29, 0.717) is 0 Å².